The Labute approximate surface area is 107 Å². The van der Waals surface area contributed by atoms with E-state index >= 15 is 0 Å². The molecular weight excluding hydrogens is 230 g/mol. The largest absolute Gasteiger partial charge is 0.480 e. The summed E-state index contributed by atoms with van der Waals surface area (Å²) in [4.78, 5) is 13.3. The number of hydrogen-bond donors (Lipinski definition) is 1. The van der Waals surface area contributed by atoms with Crippen LogP contribution < -0.4 is 0 Å². The molecule has 0 amide bonds. The van der Waals surface area contributed by atoms with Gasteiger partial charge in [0.1, 0.15) is 6.04 Å². The first-order valence-electron chi connectivity index (χ1n) is 6.28. The van der Waals surface area contributed by atoms with Crippen molar-refractivity contribution in [3.05, 3.63) is 35.9 Å². The third-order valence-electron chi connectivity index (χ3n) is 3.31. The summed E-state index contributed by atoms with van der Waals surface area (Å²) >= 11 is 0. The SMILES string of the molecule is CN(CC1CCCO1)C(C(=O)O)c1ccccc1. The molecule has 1 fully saturated rings. The van der Waals surface area contributed by atoms with E-state index in [4.69, 9.17) is 4.74 Å². The Bertz CT molecular complexity index is 387. The van der Waals surface area contributed by atoms with Crippen LogP contribution in [0.1, 0.15) is 24.4 Å². The first-order valence-corrected chi connectivity index (χ1v) is 6.28. The second-order valence-electron chi connectivity index (χ2n) is 4.73. The van der Waals surface area contributed by atoms with Crippen LogP contribution in [-0.4, -0.2) is 42.3 Å². The number of benzene rings is 1. The van der Waals surface area contributed by atoms with E-state index < -0.39 is 12.0 Å². The van der Waals surface area contributed by atoms with E-state index in [1.807, 2.05) is 42.3 Å². The first kappa shape index (κ1) is 13.1. The van der Waals surface area contributed by atoms with Gasteiger partial charge in [0.2, 0.25) is 0 Å². The van der Waals surface area contributed by atoms with E-state index in [2.05, 4.69) is 0 Å². The van der Waals surface area contributed by atoms with Crippen molar-refractivity contribution in [2.45, 2.75) is 25.0 Å². The van der Waals surface area contributed by atoms with Gasteiger partial charge in [-0.1, -0.05) is 30.3 Å². The Morgan fingerprint density at radius 2 is 2.22 bits per heavy atom. The fourth-order valence-corrected chi connectivity index (χ4v) is 2.44. The minimum Gasteiger partial charge on any atom is -0.480 e. The fourth-order valence-electron chi connectivity index (χ4n) is 2.44. The van der Waals surface area contributed by atoms with Crippen LogP contribution in [0, 0.1) is 0 Å². The van der Waals surface area contributed by atoms with Crippen molar-refractivity contribution in [1.82, 2.24) is 4.90 Å². The predicted octanol–water partition coefficient (Wildman–Crippen LogP) is 1.92. The van der Waals surface area contributed by atoms with Gasteiger partial charge in [-0.3, -0.25) is 9.69 Å². The van der Waals surface area contributed by atoms with Crippen LogP contribution >= 0.6 is 0 Å². The molecule has 0 aromatic heterocycles. The summed E-state index contributed by atoms with van der Waals surface area (Å²) in [6.07, 6.45) is 2.26. The zero-order valence-corrected chi connectivity index (χ0v) is 10.6. The maximum atomic E-state index is 11.4. The topological polar surface area (TPSA) is 49.8 Å². The standard InChI is InChI=1S/C14H19NO3/c1-15(10-12-8-5-9-18-12)13(14(16)17)11-6-3-2-4-7-11/h2-4,6-7,12-13H,5,8-10H2,1H3,(H,16,17). The summed E-state index contributed by atoms with van der Waals surface area (Å²) in [5.41, 5.74) is 0.811. The number of carbonyl (C=O) groups is 1. The quantitative estimate of drug-likeness (QED) is 0.866. The van der Waals surface area contributed by atoms with E-state index in [0.717, 1.165) is 25.0 Å². The van der Waals surface area contributed by atoms with Gasteiger partial charge in [-0.25, -0.2) is 0 Å². The molecule has 0 spiro atoms. The Morgan fingerprint density at radius 1 is 1.50 bits per heavy atom. The number of rotatable bonds is 5. The summed E-state index contributed by atoms with van der Waals surface area (Å²) in [5.74, 6) is -0.818. The fraction of sp³-hybridized carbons (Fsp3) is 0.500. The monoisotopic (exact) mass is 249 g/mol. The molecule has 2 atom stereocenters. The van der Waals surface area contributed by atoms with Crippen LogP contribution in [0.3, 0.4) is 0 Å². The molecule has 2 rings (SSSR count). The lowest BCUT2D eigenvalue weighted by molar-refractivity contribution is -0.143. The highest BCUT2D eigenvalue weighted by Gasteiger charge is 2.27. The average molecular weight is 249 g/mol. The summed E-state index contributed by atoms with van der Waals surface area (Å²) in [5, 5.41) is 9.39. The number of aliphatic carboxylic acids is 1. The lowest BCUT2D eigenvalue weighted by atomic mass is 10.1. The van der Waals surface area contributed by atoms with E-state index in [-0.39, 0.29) is 6.10 Å². The molecule has 1 aromatic rings. The van der Waals surface area contributed by atoms with Crippen molar-refractivity contribution in [1.29, 1.82) is 0 Å². The molecule has 1 aliphatic heterocycles. The number of ether oxygens (including phenoxy) is 1. The molecule has 1 heterocycles. The lowest BCUT2D eigenvalue weighted by Crippen LogP contribution is -2.36. The molecule has 4 nitrogen and oxygen atoms in total. The second kappa shape index (κ2) is 5.98. The highest BCUT2D eigenvalue weighted by atomic mass is 16.5. The molecule has 1 saturated heterocycles. The van der Waals surface area contributed by atoms with E-state index in [0.29, 0.717) is 6.54 Å². The molecular formula is C14H19NO3. The molecule has 0 aliphatic carbocycles. The van der Waals surface area contributed by atoms with Gasteiger partial charge in [0, 0.05) is 13.2 Å². The molecule has 1 N–H and O–H groups in total. The molecule has 1 aliphatic rings. The third-order valence-corrected chi connectivity index (χ3v) is 3.31. The van der Waals surface area contributed by atoms with Crippen LogP contribution in [0.4, 0.5) is 0 Å². The number of carboxylic acid groups (broad SMARTS) is 1. The van der Waals surface area contributed by atoms with Crippen molar-refractivity contribution in [2.24, 2.45) is 0 Å². The van der Waals surface area contributed by atoms with Crippen molar-refractivity contribution in [2.75, 3.05) is 20.2 Å². The molecule has 1 aromatic carbocycles. The number of nitrogens with zero attached hydrogens (tertiary/aromatic N) is 1. The molecule has 2 unspecified atom stereocenters. The summed E-state index contributed by atoms with van der Waals surface area (Å²) in [6, 6.07) is 8.73. The second-order valence-corrected chi connectivity index (χ2v) is 4.73. The normalized spacial score (nSPS) is 21.1. The summed E-state index contributed by atoms with van der Waals surface area (Å²) < 4.78 is 5.55. The maximum absolute atomic E-state index is 11.4. The van der Waals surface area contributed by atoms with Crippen LogP contribution in [0.25, 0.3) is 0 Å². The molecule has 4 heteroatoms. The van der Waals surface area contributed by atoms with Crippen molar-refractivity contribution < 1.29 is 14.6 Å². The first-order chi connectivity index (χ1) is 8.68. The van der Waals surface area contributed by atoms with Gasteiger partial charge in [0.05, 0.1) is 6.10 Å². The van der Waals surface area contributed by atoms with Gasteiger partial charge in [-0.05, 0) is 25.5 Å². The predicted molar refractivity (Wildman–Crippen MR) is 68.4 cm³/mol. The van der Waals surface area contributed by atoms with Gasteiger partial charge in [0.15, 0.2) is 0 Å². The number of likely N-dealkylation sites (N-methyl/N-ethyl adjacent to an activating group) is 1. The minimum atomic E-state index is -0.818. The highest BCUT2D eigenvalue weighted by Crippen LogP contribution is 2.22. The van der Waals surface area contributed by atoms with Crippen molar-refractivity contribution in [3.63, 3.8) is 0 Å². The smallest absolute Gasteiger partial charge is 0.325 e. The molecule has 0 bridgehead atoms. The summed E-state index contributed by atoms with van der Waals surface area (Å²) in [7, 11) is 1.84. The van der Waals surface area contributed by atoms with Crippen molar-refractivity contribution in [3.8, 4) is 0 Å². The van der Waals surface area contributed by atoms with Gasteiger partial charge < -0.3 is 9.84 Å². The van der Waals surface area contributed by atoms with Crippen LogP contribution in [0.5, 0.6) is 0 Å². The lowest BCUT2D eigenvalue weighted by Gasteiger charge is -2.27. The van der Waals surface area contributed by atoms with Crippen LogP contribution in [0.2, 0.25) is 0 Å². The molecule has 18 heavy (non-hydrogen) atoms. The van der Waals surface area contributed by atoms with Crippen LogP contribution in [-0.2, 0) is 9.53 Å². The van der Waals surface area contributed by atoms with Gasteiger partial charge in [-0.2, -0.15) is 0 Å². The minimum absolute atomic E-state index is 0.167. The zero-order chi connectivity index (χ0) is 13.0. The average Bonchev–Trinajstić information content (AvgIpc) is 2.83. The van der Waals surface area contributed by atoms with Gasteiger partial charge in [0.25, 0.3) is 0 Å². The highest BCUT2D eigenvalue weighted by molar-refractivity contribution is 5.75. The maximum Gasteiger partial charge on any atom is 0.325 e. The van der Waals surface area contributed by atoms with E-state index in [9.17, 15) is 9.90 Å². The van der Waals surface area contributed by atoms with E-state index in [1.54, 1.807) is 0 Å². The Morgan fingerprint density at radius 3 is 2.78 bits per heavy atom. The number of hydrogen-bond acceptors (Lipinski definition) is 3. The Balaban J connectivity index is 2.07. The third kappa shape index (κ3) is 3.09. The molecule has 0 radical (unpaired) electrons. The van der Waals surface area contributed by atoms with Crippen molar-refractivity contribution >= 4 is 5.97 Å². The number of carboxylic acids is 1. The van der Waals surface area contributed by atoms with Crippen LogP contribution in [0.15, 0.2) is 30.3 Å². The van der Waals surface area contributed by atoms with E-state index in [1.165, 1.54) is 0 Å². The zero-order valence-electron chi connectivity index (χ0n) is 10.6. The summed E-state index contributed by atoms with van der Waals surface area (Å²) in [6.45, 7) is 1.45. The van der Waals surface area contributed by atoms with Gasteiger partial charge in [-0.15, -0.1) is 0 Å². The Kier molecular flexibility index (Phi) is 4.33. The van der Waals surface area contributed by atoms with Gasteiger partial charge >= 0.3 is 5.97 Å². The Hall–Kier alpha value is -1.39. The molecule has 0 saturated carbocycles. The molecule has 98 valence electrons.